The van der Waals surface area contributed by atoms with Crippen LogP contribution in [0.15, 0.2) is 36.4 Å². The van der Waals surface area contributed by atoms with Gasteiger partial charge in [-0.1, -0.05) is 38.5 Å². The van der Waals surface area contributed by atoms with Crippen molar-refractivity contribution in [2.24, 2.45) is 0 Å². The zero-order valence-corrected chi connectivity index (χ0v) is 24.1. The number of anilines is 4. The first kappa shape index (κ1) is 27.6. The minimum absolute atomic E-state index is 0.0143. The molecule has 0 bridgehead atoms. The number of nitrogens with zero attached hydrogens (tertiary/aromatic N) is 2. The van der Waals surface area contributed by atoms with Gasteiger partial charge in [0.05, 0.1) is 12.2 Å². The molecule has 4 rings (SSSR count). The molecule has 0 radical (unpaired) electrons. The minimum Gasteiger partial charge on any atom is -0.382 e. The van der Waals surface area contributed by atoms with Gasteiger partial charge in [0.15, 0.2) is 0 Å². The molecule has 0 amide bonds. The van der Waals surface area contributed by atoms with Crippen molar-refractivity contribution in [3.8, 4) is 0 Å². The largest absolute Gasteiger partial charge is 0.382 e. The highest BCUT2D eigenvalue weighted by Crippen LogP contribution is 2.34. The molecule has 37 heavy (non-hydrogen) atoms. The fourth-order valence-corrected chi connectivity index (χ4v) is 5.85. The quantitative estimate of drug-likeness (QED) is 0.340. The van der Waals surface area contributed by atoms with Gasteiger partial charge in [0.1, 0.15) is 0 Å². The summed E-state index contributed by atoms with van der Waals surface area (Å²) in [7, 11) is 8.47. The third kappa shape index (κ3) is 7.80. The predicted molar refractivity (Wildman–Crippen MR) is 160 cm³/mol. The third-order valence-corrected chi connectivity index (χ3v) is 8.21. The van der Waals surface area contributed by atoms with E-state index in [1.807, 2.05) is 0 Å². The van der Waals surface area contributed by atoms with Crippen molar-refractivity contribution in [2.75, 3.05) is 48.6 Å². The van der Waals surface area contributed by atoms with Crippen LogP contribution < -0.4 is 20.4 Å². The van der Waals surface area contributed by atoms with E-state index in [9.17, 15) is 0 Å². The lowest BCUT2D eigenvalue weighted by atomic mass is 9.95. The van der Waals surface area contributed by atoms with Crippen LogP contribution in [0.5, 0.6) is 0 Å². The summed E-state index contributed by atoms with van der Waals surface area (Å²) in [5.74, 6) is 0. The van der Waals surface area contributed by atoms with E-state index in [4.69, 9.17) is 4.74 Å². The van der Waals surface area contributed by atoms with Crippen LogP contribution in [0.1, 0.15) is 101 Å². The van der Waals surface area contributed by atoms with Gasteiger partial charge in [-0.2, -0.15) is 0 Å². The topological polar surface area (TPSA) is 39.8 Å². The average molecular weight is 507 g/mol. The van der Waals surface area contributed by atoms with E-state index in [0.717, 1.165) is 0 Å². The molecule has 5 nitrogen and oxygen atoms in total. The summed E-state index contributed by atoms with van der Waals surface area (Å²) in [6.45, 7) is 4.37. The number of benzene rings is 2. The molecule has 2 aliphatic carbocycles. The van der Waals surface area contributed by atoms with Crippen molar-refractivity contribution < 1.29 is 4.74 Å². The van der Waals surface area contributed by atoms with Crippen molar-refractivity contribution in [1.29, 1.82) is 0 Å². The van der Waals surface area contributed by atoms with Gasteiger partial charge < -0.3 is 25.2 Å². The molecular formula is C32H50N4O. The molecule has 0 aliphatic heterocycles. The molecule has 0 heterocycles. The number of nitrogens with one attached hydrogen (secondary N) is 2. The van der Waals surface area contributed by atoms with Crippen molar-refractivity contribution in [3.05, 3.63) is 47.5 Å². The zero-order valence-electron chi connectivity index (χ0n) is 24.1. The highest BCUT2D eigenvalue weighted by Gasteiger charge is 2.19. The summed E-state index contributed by atoms with van der Waals surface area (Å²) in [4.78, 5) is 4.38. The van der Waals surface area contributed by atoms with Crippen LogP contribution in [0, 0.1) is 0 Å². The van der Waals surface area contributed by atoms with Crippen molar-refractivity contribution in [3.63, 3.8) is 0 Å². The van der Waals surface area contributed by atoms with Crippen LogP contribution >= 0.6 is 0 Å². The Labute approximate surface area is 226 Å². The van der Waals surface area contributed by atoms with Crippen LogP contribution in [0.3, 0.4) is 0 Å². The van der Waals surface area contributed by atoms with E-state index in [1.54, 1.807) is 0 Å². The normalized spacial score (nSPS) is 18.8. The first-order valence-electron chi connectivity index (χ1n) is 14.6. The van der Waals surface area contributed by atoms with E-state index in [1.165, 1.54) is 98.1 Å². The molecule has 2 atom stereocenters. The van der Waals surface area contributed by atoms with Gasteiger partial charge in [0.25, 0.3) is 0 Å². The molecule has 5 heteroatoms. The Hall–Kier alpha value is -2.40. The van der Waals surface area contributed by atoms with Crippen LogP contribution in [0.25, 0.3) is 0 Å². The van der Waals surface area contributed by atoms with Gasteiger partial charge >= 0.3 is 0 Å². The van der Waals surface area contributed by atoms with E-state index in [0.29, 0.717) is 12.1 Å². The summed E-state index contributed by atoms with van der Waals surface area (Å²) < 4.78 is 6.69. The first-order valence-corrected chi connectivity index (χ1v) is 14.6. The van der Waals surface area contributed by atoms with Crippen LogP contribution in [0.4, 0.5) is 22.7 Å². The van der Waals surface area contributed by atoms with E-state index < -0.39 is 0 Å². The Morgan fingerprint density at radius 1 is 0.595 bits per heavy atom. The fourth-order valence-electron chi connectivity index (χ4n) is 5.85. The molecule has 2 aromatic carbocycles. The molecule has 0 aromatic heterocycles. The first-order chi connectivity index (χ1) is 17.8. The second-order valence-corrected chi connectivity index (χ2v) is 11.8. The molecule has 2 N–H and O–H groups in total. The molecule has 2 saturated carbocycles. The second kappa shape index (κ2) is 12.9. The Kier molecular flexibility index (Phi) is 9.64. The monoisotopic (exact) mass is 506 g/mol. The summed E-state index contributed by atoms with van der Waals surface area (Å²) in [5, 5.41) is 7.65. The molecule has 2 unspecified atom stereocenters. The van der Waals surface area contributed by atoms with Crippen LogP contribution in [-0.4, -0.2) is 40.3 Å². The highest BCUT2D eigenvalue weighted by atomic mass is 16.5. The van der Waals surface area contributed by atoms with Crippen molar-refractivity contribution in [1.82, 2.24) is 0 Å². The van der Waals surface area contributed by atoms with Gasteiger partial charge in [-0.05, 0) is 87.1 Å². The average Bonchev–Trinajstić information content (AvgIpc) is 2.89. The van der Waals surface area contributed by atoms with E-state index >= 15 is 0 Å². The van der Waals surface area contributed by atoms with Crippen LogP contribution in [0.2, 0.25) is 0 Å². The van der Waals surface area contributed by atoms with Gasteiger partial charge in [0, 0.05) is 63.0 Å². The van der Waals surface area contributed by atoms with E-state index in [2.05, 4.69) is 98.9 Å². The SMILES string of the molecule is CC(OC(C)c1cc(NC2CCCCC2)cc(N(C)C)c1)c1cc(NC2CCCCC2)cc(N(C)C)c1. The lowest BCUT2D eigenvalue weighted by molar-refractivity contribution is 0.00595. The van der Waals surface area contributed by atoms with Gasteiger partial charge in [-0.25, -0.2) is 0 Å². The Morgan fingerprint density at radius 3 is 1.32 bits per heavy atom. The van der Waals surface area contributed by atoms with Crippen molar-refractivity contribution in [2.45, 2.75) is 102 Å². The second-order valence-electron chi connectivity index (χ2n) is 11.8. The highest BCUT2D eigenvalue weighted by molar-refractivity contribution is 5.62. The standard InChI is InChI=1S/C32H50N4O/c1-23(25-17-29(21-31(19-25)35(3)4)33-27-13-9-7-10-14-27)37-24(2)26-18-30(22-32(20-26)36(5)6)34-28-15-11-8-12-16-28/h17-24,27-28,33-34H,7-16H2,1-6H3. The number of ether oxygens (including phenoxy) is 1. The maximum atomic E-state index is 6.69. The lowest BCUT2D eigenvalue weighted by Gasteiger charge is -2.28. The molecule has 204 valence electrons. The Bertz CT molecular complexity index is 913. The fraction of sp³-hybridized carbons (Fsp3) is 0.625. The molecule has 0 spiro atoms. The maximum Gasteiger partial charge on any atom is 0.0806 e. The number of rotatable bonds is 10. The smallest absolute Gasteiger partial charge is 0.0806 e. The molecular weight excluding hydrogens is 456 g/mol. The van der Waals surface area contributed by atoms with Crippen molar-refractivity contribution >= 4 is 22.7 Å². The zero-order chi connectivity index (χ0) is 26.4. The number of hydrogen-bond acceptors (Lipinski definition) is 5. The van der Waals surface area contributed by atoms with Gasteiger partial charge in [-0.15, -0.1) is 0 Å². The molecule has 2 aliphatic rings. The maximum absolute atomic E-state index is 6.69. The Balaban J connectivity index is 1.51. The Morgan fingerprint density at radius 2 is 0.973 bits per heavy atom. The van der Waals surface area contributed by atoms with Gasteiger partial charge in [0.2, 0.25) is 0 Å². The van der Waals surface area contributed by atoms with E-state index in [-0.39, 0.29) is 12.2 Å². The third-order valence-electron chi connectivity index (χ3n) is 8.21. The summed E-state index contributed by atoms with van der Waals surface area (Å²) in [6.07, 6.45) is 13.1. The molecule has 0 saturated heterocycles. The molecule has 2 aromatic rings. The summed E-state index contributed by atoms with van der Waals surface area (Å²) in [5.41, 5.74) is 7.30. The predicted octanol–water partition coefficient (Wildman–Crippen LogP) is 8.15. The van der Waals surface area contributed by atoms with Crippen LogP contribution in [-0.2, 0) is 4.74 Å². The minimum atomic E-state index is -0.0143. The van der Waals surface area contributed by atoms with Gasteiger partial charge in [-0.3, -0.25) is 0 Å². The number of hydrogen-bond donors (Lipinski definition) is 2. The summed E-state index contributed by atoms with van der Waals surface area (Å²) in [6, 6.07) is 14.9. The lowest BCUT2D eigenvalue weighted by Crippen LogP contribution is -2.23. The summed E-state index contributed by atoms with van der Waals surface area (Å²) >= 11 is 0. The molecule has 2 fully saturated rings.